The van der Waals surface area contributed by atoms with Crippen LogP contribution in [0.2, 0.25) is 0 Å². The largest absolute Gasteiger partial charge is 0.508 e. The van der Waals surface area contributed by atoms with Crippen molar-refractivity contribution in [1.29, 1.82) is 0 Å². The van der Waals surface area contributed by atoms with Gasteiger partial charge in [0.1, 0.15) is 17.5 Å². The normalized spacial score (nSPS) is 21.6. The Morgan fingerprint density at radius 2 is 1.64 bits per heavy atom. The van der Waals surface area contributed by atoms with Crippen LogP contribution in [0, 0.1) is 0 Å². The number of phenols is 1. The molecule has 2 saturated heterocycles. The van der Waals surface area contributed by atoms with E-state index in [0.29, 0.717) is 25.5 Å². The third-order valence-corrected chi connectivity index (χ3v) is 10.1. The lowest BCUT2D eigenvalue weighted by Gasteiger charge is -2.38. The first-order valence-corrected chi connectivity index (χ1v) is 16.7. The number of ether oxygens (including phenoxy) is 1. The highest BCUT2D eigenvalue weighted by Crippen LogP contribution is 2.47. The van der Waals surface area contributed by atoms with Crippen LogP contribution in [0.1, 0.15) is 59.8 Å². The molecule has 2 fully saturated rings. The highest BCUT2D eigenvalue weighted by Gasteiger charge is 2.34. The van der Waals surface area contributed by atoms with E-state index in [1.54, 1.807) is 12.1 Å². The zero-order chi connectivity index (χ0) is 32.3. The second-order valence-corrected chi connectivity index (χ2v) is 13.1. The summed E-state index contributed by atoms with van der Waals surface area (Å²) in [6.07, 6.45) is 3.08. The summed E-state index contributed by atoms with van der Waals surface area (Å²) in [4.78, 5) is 28.5. The Hall–Kier alpha value is -4.82. The lowest BCUT2D eigenvalue weighted by atomic mass is 9.76. The first-order valence-electron chi connectivity index (χ1n) is 16.7. The Labute approximate surface area is 276 Å². The zero-order valence-corrected chi connectivity index (χ0v) is 26.8. The Morgan fingerprint density at radius 1 is 0.894 bits per heavy atom. The maximum absolute atomic E-state index is 12.1. The molecule has 3 aliphatic rings. The van der Waals surface area contributed by atoms with E-state index in [2.05, 4.69) is 88.1 Å². The molecule has 0 bridgehead atoms. The number of rotatable bonds is 8. The molecule has 3 heterocycles. The van der Waals surface area contributed by atoms with Gasteiger partial charge < -0.3 is 20.1 Å². The monoisotopic (exact) mass is 630 g/mol. The van der Waals surface area contributed by atoms with E-state index in [4.69, 9.17) is 4.74 Å². The minimum Gasteiger partial charge on any atom is -0.508 e. The number of aromatic hydroxyl groups is 1. The van der Waals surface area contributed by atoms with E-state index in [1.165, 1.54) is 22.4 Å². The molecule has 8 nitrogen and oxygen atoms in total. The van der Waals surface area contributed by atoms with Gasteiger partial charge in [-0.05, 0) is 73.3 Å². The van der Waals surface area contributed by atoms with Gasteiger partial charge in [0.25, 0.3) is 0 Å². The van der Waals surface area contributed by atoms with Crippen molar-refractivity contribution in [1.82, 2.24) is 10.2 Å². The van der Waals surface area contributed by atoms with Crippen LogP contribution in [-0.4, -0.2) is 60.6 Å². The Bertz CT molecular complexity index is 1700. The Balaban J connectivity index is 0.962. The van der Waals surface area contributed by atoms with Crippen molar-refractivity contribution in [3.05, 3.63) is 119 Å². The maximum atomic E-state index is 12.1. The van der Waals surface area contributed by atoms with Crippen molar-refractivity contribution >= 4 is 23.2 Å². The molecule has 3 unspecified atom stereocenters. The number of carbonyl (C=O) groups is 2. The van der Waals surface area contributed by atoms with Crippen LogP contribution in [0.5, 0.6) is 11.5 Å². The molecule has 0 saturated carbocycles. The molecular weight excluding hydrogens is 588 g/mol. The van der Waals surface area contributed by atoms with Gasteiger partial charge in [-0.25, -0.2) is 0 Å². The van der Waals surface area contributed by atoms with Gasteiger partial charge in [-0.15, -0.1) is 0 Å². The number of piperidine rings is 2. The first-order chi connectivity index (χ1) is 22.9. The maximum Gasteiger partial charge on any atom is 0.249 e. The number of nitrogens with zero attached hydrogens (tertiary/aromatic N) is 2. The van der Waals surface area contributed by atoms with Crippen molar-refractivity contribution in [2.45, 2.75) is 56.1 Å². The van der Waals surface area contributed by atoms with Gasteiger partial charge in [-0.1, -0.05) is 60.7 Å². The van der Waals surface area contributed by atoms with E-state index in [0.717, 1.165) is 49.5 Å². The van der Waals surface area contributed by atoms with E-state index in [1.807, 2.05) is 24.3 Å². The van der Waals surface area contributed by atoms with Crippen LogP contribution >= 0.6 is 0 Å². The SMILES string of the molecule is CN(Cc1ccc(NC2CCC(=O)NC2=O)cc1)C1CCN(c2ccc(C3c4ccc(O)cc4OCC3c3ccccc3)cc2)CC1. The van der Waals surface area contributed by atoms with Gasteiger partial charge in [0.2, 0.25) is 11.8 Å². The van der Waals surface area contributed by atoms with E-state index < -0.39 is 0 Å². The second-order valence-electron chi connectivity index (χ2n) is 13.1. The topological polar surface area (TPSA) is 94.1 Å². The van der Waals surface area contributed by atoms with Gasteiger partial charge >= 0.3 is 0 Å². The average Bonchev–Trinajstić information content (AvgIpc) is 3.10. The minimum atomic E-state index is -0.372. The lowest BCUT2D eigenvalue weighted by Crippen LogP contribution is -2.47. The summed E-state index contributed by atoms with van der Waals surface area (Å²) in [5.74, 6) is 0.851. The van der Waals surface area contributed by atoms with Crippen LogP contribution in [0.25, 0.3) is 0 Å². The molecule has 3 N–H and O–H groups in total. The number of amides is 2. The predicted octanol–water partition coefficient (Wildman–Crippen LogP) is 6.02. The number of fused-ring (bicyclic) bond motifs is 1. The van der Waals surface area contributed by atoms with E-state index in [9.17, 15) is 14.7 Å². The highest BCUT2D eigenvalue weighted by molar-refractivity contribution is 6.01. The zero-order valence-electron chi connectivity index (χ0n) is 26.8. The quantitative estimate of drug-likeness (QED) is 0.205. The summed E-state index contributed by atoms with van der Waals surface area (Å²) in [6.45, 7) is 3.45. The van der Waals surface area contributed by atoms with Gasteiger partial charge in [0, 0.05) is 66.9 Å². The molecule has 242 valence electrons. The average molecular weight is 631 g/mol. The summed E-state index contributed by atoms with van der Waals surface area (Å²) in [7, 11) is 2.21. The Kier molecular flexibility index (Phi) is 8.85. The number of imide groups is 1. The molecule has 4 aromatic rings. The third kappa shape index (κ3) is 6.83. The van der Waals surface area contributed by atoms with Crippen LogP contribution in [0.15, 0.2) is 97.1 Å². The molecule has 3 atom stereocenters. The van der Waals surface area contributed by atoms with Crippen LogP contribution in [-0.2, 0) is 16.1 Å². The molecule has 0 radical (unpaired) electrons. The van der Waals surface area contributed by atoms with E-state index >= 15 is 0 Å². The van der Waals surface area contributed by atoms with Crippen LogP contribution in [0.3, 0.4) is 0 Å². The number of carbonyl (C=O) groups excluding carboxylic acids is 2. The molecular formula is C39H42N4O4. The number of hydrogen-bond donors (Lipinski definition) is 3. The van der Waals surface area contributed by atoms with Crippen molar-refractivity contribution in [3.63, 3.8) is 0 Å². The van der Waals surface area contributed by atoms with Crippen molar-refractivity contribution in [2.24, 2.45) is 0 Å². The smallest absolute Gasteiger partial charge is 0.249 e. The number of hydrogen-bond acceptors (Lipinski definition) is 7. The third-order valence-electron chi connectivity index (χ3n) is 10.1. The molecule has 4 aromatic carbocycles. The number of benzene rings is 4. The molecule has 0 spiro atoms. The number of nitrogens with one attached hydrogen (secondary N) is 2. The summed E-state index contributed by atoms with van der Waals surface area (Å²) < 4.78 is 6.15. The van der Waals surface area contributed by atoms with E-state index in [-0.39, 0.29) is 35.4 Å². The van der Waals surface area contributed by atoms with Gasteiger partial charge in [-0.3, -0.25) is 19.8 Å². The van der Waals surface area contributed by atoms with Crippen LogP contribution < -0.4 is 20.3 Å². The number of phenolic OH excluding ortho intramolecular Hbond substituents is 1. The predicted molar refractivity (Wildman–Crippen MR) is 184 cm³/mol. The second kappa shape index (κ2) is 13.5. The van der Waals surface area contributed by atoms with Crippen LogP contribution in [0.4, 0.5) is 11.4 Å². The summed E-state index contributed by atoms with van der Waals surface area (Å²) in [5, 5.41) is 15.8. The molecule has 0 aliphatic carbocycles. The molecule has 3 aliphatic heterocycles. The van der Waals surface area contributed by atoms with Crippen molar-refractivity contribution in [3.8, 4) is 11.5 Å². The molecule has 7 rings (SSSR count). The molecule has 2 amide bonds. The van der Waals surface area contributed by atoms with Crippen molar-refractivity contribution in [2.75, 3.05) is 37.0 Å². The van der Waals surface area contributed by atoms with Gasteiger partial charge in [-0.2, -0.15) is 0 Å². The molecule has 0 aromatic heterocycles. The fraction of sp³-hybridized carbons (Fsp3) is 0.333. The van der Waals surface area contributed by atoms with Gasteiger partial charge in [0.15, 0.2) is 0 Å². The Morgan fingerprint density at radius 3 is 2.36 bits per heavy atom. The summed E-state index contributed by atoms with van der Waals surface area (Å²) >= 11 is 0. The molecule has 8 heteroatoms. The first kappa shape index (κ1) is 30.8. The summed E-state index contributed by atoms with van der Waals surface area (Å²) in [5.41, 5.74) is 7.00. The lowest BCUT2D eigenvalue weighted by molar-refractivity contribution is -0.133. The van der Waals surface area contributed by atoms with Crippen molar-refractivity contribution < 1.29 is 19.4 Å². The molecule has 47 heavy (non-hydrogen) atoms. The standard InChI is InChI=1S/C39H42N4O4/c1-42(24-26-7-11-29(12-8-26)40-35-17-18-37(45)41-39(35)46)30-19-21-43(22-20-30)31-13-9-28(10-14-31)38-33-16-15-32(44)23-36(33)47-25-34(38)27-5-3-2-4-6-27/h2-16,23,30,34-35,38,40,44H,17-22,24-25H2,1H3,(H,41,45,46). The minimum absolute atomic E-state index is 0.137. The fourth-order valence-electron chi connectivity index (χ4n) is 7.41. The highest BCUT2D eigenvalue weighted by atomic mass is 16.5. The van der Waals surface area contributed by atoms with Gasteiger partial charge in [0.05, 0.1) is 6.61 Å². The fourth-order valence-corrected chi connectivity index (χ4v) is 7.41. The number of anilines is 2. The summed E-state index contributed by atoms with van der Waals surface area (Å²) in [6, 6.07) is 33.6.